The Balaban J connectivity index is 1.90. The molecule has 1 aliphatic heterocycles. The summed E-state index contributed by atoms with van der Waals surface area (Å²) in [5.41, 5.74) is 0.560. The van der Waals surface area contributed by atoms with Gasteiger partial charge in [-0.2, -0.15) is 0 Å². The number of benzene rings is 1. The summed E-state index contributed by atoms with van der Waals surface area (Å²) in [5, 5.41) is 5.43. The topological polar surface area (TPSA) is 105 Å². The zero-order valence-electron chi connectivity index (χ0n) is 16.0. The molecule has 9 heteroatoms. The molecule has 1 aromatic carbocycles. The summed E-state index contributed by atoms with van der Waals surface area (Å²) < 4.78 is 31.7. The summed E-state index contributed by atoms with van der Waals surface area (Å²) in [5.74, 6) is -0.439. The van der Waals surface area contributed by atoms with Gasteiger partial charge in [0, 0.05) is 45.0 Å². The number of rotatable bonds is 9. The second-order valence-electron chi connectivity index (χ2n) is 6.58. The van der Waals surface area contributed by atoms with Gasteiger partial charge < -0.3 is 15.4 Å². The summed E-state index contributed by atoms with van der Waals surface area (Å²) in [4.78, 5) is 23.5. The Kier molecular flexibility index (Phi) is 8.16. The minimum atomic E-state index is -3.64. The highest BCUT2D eigenvalue weighted by Crippen LogP contribution is 2.20. The maximum atomic E-state index is 12.6. The fourth-order valence-electron chi connectivity index (χ4n) is 2.80. The minimum absolute atomic E-state index is 0.0717. The fourth-order valence-corrected chi connectivity index (χ4v) is 4.01. The van der Waals surface area contributed by atoms with Crippen LogP contribution in [0.1, 0.15) is 19.3 Å². The third kappa shape index (κ3) is 6.15. The van der Waals surface area contributed by atoms with Gasteiger partial charge in [-0.15, -0.1) is 0 Å². The molecule has 0 bridgehead atoms. The van der Waals surface area contributed by atoms with Crippen LogP contribution in [0.4, 0.5) is 5.69 Å². The first kappa shape index (κ1) is 22.1. The van der Waals surface area contributed by atoms with Crippen LogP contribution < -0.4 is 10.6 Å². The predicted octanol–water partition coefficient (Wildman–Crippen LogP) is 1.36. The van der Waals surface area contributed by atoms with Gasteiger partial charge in [0.2, 0.25) is 21.8 Å². The second kappa shape index (κ2) is 10.4. The van der Waals surface area contributed by atoms with E-state index in [9.17, 15) is 18.0 Å². The van der Waals surface area contributed by atoms with Crippen LogP contribution in [0.15, 0.2) is 41.8 Å². The number of nitrogens with zero attached hydrogens (tertiary/aromatic N) is 1. The van der Waals surface area contributed by atoms with Crippen molar-refractivity contribution in [3.8, 4) is 0 Å². The highest BCUT2D eigenvalue weighted by molar-refractivity contribution is 7.89. The number of hydrogen-bond acceptors (Lipinski definition) is 5. The smallest absolute Gasteiger partial charge is 0.243 e. The molecule has 0 saturated carbocycles. The number of amides is 2. The van der Waals surface area contributed by atoms with Gasteiger partial charge in [0.1, 0.15) is 0 Å². The first-order chi connectivity index (χ1) is 13.3. The molecule has 0 radical (unpaired) electrons. The monoisotopic (exact) mass is 409 g/mol. The number of anilines is 1. The molecule has 28 heavy (non-hydrogen) atoms. The maximum absolute atomic E-state index is 12.6. The largest absolute Gasteiger partial charge is 0.381 e. The number of hydrogen-bond donors (Lipinski definition) is 2. The Hall–Kier alpha value is -2.23. The Labute approximate surface area is 166 Å². The van der Waals surface area contributed by atoms with Crippen LogP contribution in [0.2, 0.25) is 0 Å². The number of carbonyl (C=O) groups is 2. The van der Waals surface area contributed by atoms with Crippen molar-refractivity contribution in [2.75, 3.05) is 38.7 Å². The molecule has 8 nitrogen and oxygen atoms in total. The predicted molar refractivity (Wildman–Crippen MR) is 106 cm³/mol. The molecule has 2 amide bonds. The molecule has 2 rings (SSSR count). The summed E-state index contributed by atoms with van der Waals surface area (Å²) in [7, 11) is -2.15. The lowest BCUT2D eigenvalue weighted by atomic mass is 9.99. The van der Waals surface area contributed by atoms with Crippen molar-refractivity contribution in [1.82, 2.24) is 9.62 Å². The van der Waals surface area contributed by atoms with E-state index in [4.69, 9.17) is 4.74 Å². The zero-order valence-corrected chi connectivity index (χ0v) is 16.8. The van der Waals surface area contributed by atoms with E-state index in [1.165, 1.54) is 29.6 Å². The molecule has 0 spiro atoms. The van der Waals surface area contributed by atoms with Gasteiger partial charge in [-0.1, -0.05) is 6.58 Å². The van der Waals surface area contributed by atoms with Crippen molar-refractivity contribution in [3.05, 3.63) is 36.9 Å². The molecule has 0 aromatic heterocycles. The standard InChI is InChI=1S/C19H27N3O5S/c1-3-18(23)20-11-4-12-22(2)28(25,26)17-7-5-16(6-8-17)21-19(24)15-9-13-27-14-10-15/h3,5-8,15H,1,4,9-14H2,2H3,(H,20,23)(H,21,24). The van der Waals surface area contributed by atoms with E-state index in [1.807, 2.05) is 0 Å². The van der Waals surface area contributed by atoms with E-state index in [0.717, 1.165) is 0 Å². The highest BCUT2D eigenvalue weighted by atomic mass is 32.2. The van der Waals surface area contributed by atoms with E-state index in [0.29, 0.717) is 44.7 Å². The van der Waals surface area contributed by atoms with E-state index >= 15 is 0 Å². The zero-order chi connectivity index (χ0) is 20.6. The molecule has 0 aliphatic carbocycles. The van der Waals surface area contributed by atoms with Gasteiger partial charge in [-0.3, -0.25) is 9.59 Å². The molecule has 1 aromatic rings. The van der Waals surface area contributed by atoms with Gasteiger partial charge in [0.25, 0.3) is 0 Å². The van der Waals surface area contributed by atoms with Gasteiger partial charge in [0.15, 0.2) is 0 Å². The number of nitrogens with one attached hydrogen (secondary N) is 2. The molecule has 0 atom stereocenters. The fraction of sp³-hybridized carbons (Fsp3) is 0.474. The van der Waals surface area contributed by atoms with Crippen molar-refractivity contribution < 1.29 is 22.7 Å². The van der Waals surface area contributed by atoms with E-state index < -0.39 is 10.0 Å². The van der Waals surface area contributed by atoms with Crippen molar-refractivity contribution in [2.45, 2.75) is 24.2 Å². The first-order valence-corrected chi connectivity index (χ1v) is 10.6. The van der Waals surface area contributed by atoms with E-state index in [1.54, 1.807) is 12.1 Å². The van der Waals surface area contributed by atoms with Crippen molar-refractivity contribution in [1.29, 1.82) is 0 Å². The highest BCUT2D eigenvalue weighted by Gasteiger charge is 2.23. The molecule has 1 saturated heterocycles. The summed E-state index contributed by atoms with van der Waals surface area (Å²) in [6.45, 7) is 5.15. The van der Waals surface area contributed by atoms with Crippen molar-refractivity contribution in [3.63, 3.8) is 0 Å². The van der Waals surface area contributed by atoms with Gasteiger partial charge in [0.05, 0.1) is 4.90 Å². The number of sulfonamides is 1. The molecular formula is C19H27N3O5S. The van der Waals surface area contributed by atoms with Gasteiger partial charge in [-0.25, -0.2) is 12.7 Å². The van der Waals surface area contributed by atoms with Crippen LogP contribution in [-0.2, 0) is 24.3 Å². The van der Waals surface area contributed by atoms with Crippen molar-refractivity contribution in [2.24, 2.45) is 5.92 Å². The second-order valence-corrected chi connectivity index (χ2v) is 8.62. The van der Waals surface area contributed by atoms with Crippen LogP contribution in [-0.4, -0.2) is 57.9 Å². The minimum Gasteiger partial charge on any atom is -0.381 e. The Morgan fingerprint density at radius 3 is 2.50 bits per heavy atom. The van der Waals surface area contributed by atoms with Crippen LogP contribution >= 0.6 is 0 Å². The van der Waals surface area contributed by atoms with Gasteiger partial charge in [-0.05, 0) is 49.6 Å². The molecule has 1 heterocycles. The van der Waals surface area contributed by atoms with Crippen LogP contribution in [0.3, 0.4) is 0 Å². The molecule has 1 fully saturated rings. The normalized spacial score (nSPS) is 15.2. The summed E-state index contributed by atoms with van der Waals surface area (Å²) in [6.07, 6.45) is 3.03. The van der Waals surface area contributed by atoms with Crippen LogP contribution in [0.25, 0.3) is 0 Å². The lowest BCUT2D eigenvalue weighted by Gasteiger charge is -2.21. The Bertz CT molecular complexity index is 786. The van der Waals surface area contributed by atoms with Crippen LogP contribution in [0, 0.1) is 5.92 Å². The Morgan fingerprint density at radius 2 is 1.89 bits per heavy atom. The maximum Gasteiger partial charge on any atom is 0.243 e. The molecular weight excluding hydrogens is 382 g/mol. The van der Waals surface area contributed by atoms with Crippen LogP contribution in [0.5, 0.6) is 0 Å². The van der Waals surface area contributed by atoms with E-state index in [-0.39, 0.29) is 29.2 Å². The molecule has 2 N–H and O–H groups in total. The summed E-state index contributed by atoms with van der Waals surface area (Å²) >= 11 is 0. The third-order valence-electron chi connectivity index (χ3n) is 4.56. The number of carbonyl (C=O) groups excluding carboxylic acids is 2. The average molecular weight is 410 g/mol. The molecule has 1 aliphatic rings. The van der Waals surface area contributed by atoms with Crippen molar-refractivity contribution >= 4 is 27.5 Å². The first-order valence-electron chi connectivity index (χ1n) is 9.20. The molecule has 0 unspecified atom stereocenters. The SMILES string of the molecule is C=CC(=O)NCCCN(C)S(=O)(=O)c1ccc(NC(=O)C2CCOCC2)cc1. The quantitative estimate of drug-likeness (QED) is 0.473. The van der Waals surface area contributed by atoms with Gasteiger partial charge >= 0.3 is 0 Å². The average Bonchev–Trinajstić information content (AvgIpc) is 2.71. The van der Waals surface area contributed by atoms with E-state index in [2.05, 4.69) is 17.2 Å². The lowest BCUT2D eigenvalue weighted by molar-refractivity contribution is -0.122. The lowest BCUT2D eigenvalue weighted by Crippen LogP contribution is -2.31. The number of ether oxygens (including phenoxy) is 1. The molecule has 154 valence electrons. The summed E-state index contributed by atoms with van der Waals surface area (Å²) in [6, 6.07) is 6.13. The Morgan fingerprint density at radius 1 is 1.25 bits per heavy atom. The third-order valence-corrected chi connectivity index (χ3v) is 6.43.